The smallest absolute Gasteiger partial charge is 0.340 e. The number of hydrogen-bond acceptors (Lipinski definition) is 6. The molecular weight excluding hydrogens is 386 g/mol. The maximum atomic E-state index is 12.5. The first-order valence-corrected chi connectivity index (χ1v) is 10.7. The van der Waals surface area contributed by atoms with E-state index in [9.17, 15) is 19.5 Å². The number of benzene rings is 1. The van der Waals surface area contributed by atoms with Crippen molar-refractivity contribution in [2.24, 2.45) is 17.3 Å². The number of anilines is 1. The summed E-state index contributed by atoms with van der Waals surface area (Å²) in [5.74, 6) is -0.456. The van der Waals surface area contributed by atoms with Crippen molar-refractivity contribution in [2.45, 2.75) is 57.5 Å². The van der Waals surface area contributed by atoms with Gasteiger partial charge in [0, 0.05) is 0 Å². The number of nitrogens with one attached hydrogen (secondary N) is 1. The molecular formula is C23H29NO6. The van der Waals surface area contributed by atoms with Crippen LogP contribution in [0.5, 0.6) is 0 Å². The Morgan fingerprint density at radius 3 is 2.47 bits per heavy atom. The van der Waals surface area contributed by atoms with Crippen LogP contribution in [0.3, 0.4) is 0 Å². The summed E-state index contributed by atoms with van der Waals surface area (Å²) < 4.78 is 10.2. The zero-order chi connectivity index (χ0) is 21.4. The molecule has 4 bridgehead atoms. The minimum atomic E-state index is -0.626. The molecule has 4 aliphatic rings. The van der Waals surface area contributed by atoms with E-state index in [1.807, 2.05) is 0 Å². The van der Waals surface area contributed by atoms with Gasteiger partial charge in [0.1, 0.15) is 0 Å². The van der Waals surface area contributed by atoms with Gasteiger partial charge in [-0.15, -0.1) is 0 Å². The highest BCUT2D eigenvalue weighted by molar-refractivity contribution is 6.01. The summed E-state index contributed by atoms with van der Waals surface area (Å²) in [6, 6.07) is 6.54. The van der Waals surface area contributed by atoms with Crippen LogP contribution in [0.25, 0.3) is 0 Å². The van der Waals surface area contributed by atoms with E-state index in [0.29, 0.717) is 23.9 Å². The average Bonchev–Trinajstić information content (AvgIpc) is 2.64. The largest absolute Gasteiger partial charge is 0.462 e. The summed E-state index contributed by atoms with van der Waals surface area (Å²) in [6.45, 7) is 1.53. The van der Waals surface area contributed by atoms with Crippen molar-refractivity contribution >= 4 is 23.5 Å². The van der Waals surface area contributed by atoms with Crippen molar-refractivity contribution in [3.05, 3.63) is 29.8 Å². The molecule has 4 aliphatic carbocycles. The van der Waals surface area contributed by atoms with Crippen molar-refractivity contribution in [1.29, 1.82) is 0 Å². The average molecular weight is 415 g/mol. The Balaban J connectivity index is 1.31. The van der Waals surface area contributed by atoms with E-state index in [-0.39, 0.29) is 24.0 Å². The second kappa shape index (κ2) is 8.02. The van der Waals surface area contributed by atoms with Gasteiger partial charge >= 0.3 is 11.9 Å². The van der Waals surface area contributed by atoms with Crippen LogP contribution in [-0.4, -0.2) is 41.8 Å². The van der Waals surface area contributed by atoms with Crippen LogP contribution in [0, 0.1) is 17.3 Å². The number of rotatable bonds is 7. The molecule has 4 fully saturated rings. The second-order valence-corrected chi connectivity index (χ2v) is 9.34. The lowest BCUT2D eigenvalue weighted by atomic mass is 9.47. The molecule has 1 amide bonds. The molecule has 0 spiro atoms. The lowest BCUT2D eigenvalue weighted by molar-refractivity contribution is -0.177. The van der Waals surface area contributed by atoms with Crippen LogP contribution in [0.1, 0.15) is 62.2 Å². The molecule has 7 heteroatoms. The van der Waals surface area contributed by atoms with E-state index in [0.717, 1.165) is 32.1 Å². The van der Waals surface area contributed by atoms with Gasteiger partial charge in [0.2, 0.25) is 0 Å². The number of carbonyl (C=O) groups is 3. The number of para-hydroxylation sites is 1. The van der Waals surface area contributed by atoms with Crippen molar-refractivity contribution in [3.8, 4) is 0 Å². The topological polar surface area (TPSA) is 102 Å². The Hall–Kier alpha value is -2.41. The van der Waals surface area contributed by atoms with Gasteiger partial charge in [0.25, 0.3) is 5.91 Å². The van der Waals surface area contributed by atoms with Gasteiger partial charge in [0.15, 0.2) is 6.61 Å². The number of esters is 2. The van der Waals surface area contributed by atoms with Crippen molar-refractivity contribution in [2.75, 3.05) is 18.5 Å². The minimum Gasteiger partial charge on any atom is -0.462 e. The Labute approximate surface area is 176 Å². The van der Waals surface area contributed by atoms with Crippen molar-refractivity contribution in [3.63, 3.8) is 0 Å². The zero-order valence-electron chi connectivity index (χ0n) is 17.3. The molecule has 4 saturated carbocycles. The van der Waals surface area contributed by atoms with Gasteiger partial charge in [-0.05, 0) is 74.8 Å². The minimum absolute atomic E-state index is 0.192. The lowest BCUT2D eigenvalue weighted by Gasteiger charge is -2.60. The number of carbonyl (C=O) groups excluding carboxylic acids is 3. The number of ether oxygens (including phenoxy) is 2. The number of amides is 1. The van der Waals surface area contributed by atoms with Crippen LogP contribution in [-0.2, 0) is 19.1 Å². The van der Waals surface area contributed by atoms with Crippen LogP contribution < -0.4 is 5.32 Å². The summed E-state index contributed by atoms with van der Waals surface area (Å²) in [5, 5.41) is 13.4. The molecule has 1 aromatic rings. The molecule has 7 nitrogen and oxygen atoms in total. The zero-order valence-corrected chi connectivity index (χ0v) is 17.3. The third-order valence-electron chi connectivity index (χ3n) is 6.73. The summed E-state index contributed by atoms with van der Waals surface area (Å²) in [5.41, 5.74) is -0.248. The van der Waals surface area contributed by atoms with E-state index in [4.69, 9.17) is 9.47 Å². The van der Waals surface area contributed by atoms with Gasteiger partial charge in [-0.2, -0.15) is 0 Å². The predicted octanol–water partition coefficient (Wildman–Crippen LogP) is 3.07. The molecule has 0 aliphatic heterocycles. The van der Waals surface area contributed by atoms with Gasteiger partial charge in [-0.1, -0.05) is 12.1 Å². The van der Waals surface area contributed by atoms with Gasteiger partial charge in [0.05, 0.1) is 29.9 Å². The fourth-order valence-corrected chi connectivity index (χ4v) is 6.28. The van der Waals surface area contributed by atoms with E-state index in [1.54, 1.807) is 31.2 Å². The summed E-state index contributed by atoms with van der Waals surface area (Å²) in [7, 11) is 0. The Kier molecular flexibility index (Phi) is 5.57. The molecule has 0 radical (unpaired) electrons. The fourth-order valence-electron chi connectivity index (χ4n) is 6.28. The monoisotopic (exact) mass is 415 g/mol. The molecule has 2 unspecified atom stereocenters. The normalized spacial score (nSPS) is 31.3. The van der Waals surface area contributed by atoms with E-state index in [1.165, 1.54) is 0 Å². The standard InChI is InChI=1S/C23H29NO6/c1-2-29-21(27)17-5-3-4-6-18(17)24-19(25)13-30-20(26)12-22-8-15-7-16(9-22)11-23(28,10-15)14-22/h3-6,15-16,28H,2,7-14H2,1H3,(H,24,25)/t15-,16+,22?,23?. The van der Waals surface area contributed by atoms with E-state index in [2.05, 4.69) is 5.32 Å². The van der Waals surface area contributed by atoms with E-state index < -0.39 is 30.1 Å². The summed E-state index contributed by atoms with van der Waals surface area (Å²) in [4.78, 5) is 36.8. The van der Waals surface area contributed by atoms with Crippen molar-refractivity contribution < 1.29 is 29.0 Å². The predicted molar refractivity (Wildman–Crippen MR) is 109 cm³/mol. The molecule has 0 aromatic heterocycles. The molecule has 5 rings (SSSR count). The Morgan fingerprint density at radius 2 is 1.80 bits per heavy atom. The maximum Gasteiger partial charge on any atom is 0.340 e. The molecule has 4 atom stereocenters. The molecule has 162 valence electrons. The quantitative estimate of drug-likeness (QED) is 0.664. The first kappa shape index (κ1) is 20.8. The molecule has 2 N–H and O–H groups in total. The maximum absolute atomic E-state index is 12.5. The lowest BCUT2D eigenvalue weighted by Crippen LogP contribution is -2.56. The van der Waals surface area contributed by atoms with Crippen LogP contribution in [0.4, 0.5) is 5.69 Å². The first-order chi connectivity index (χ1) is 14.3. The van der Waals surface area contributed by atoms with Crippen LogP contribution in [0.2, 0.25) is 0 Å². The van der Waals surface area contributed by atoms with Gasteiger partial charge < -0.3 is 19.9 Å². The van der Waals surface area contributed by atoms with Crippen LogP contribution >= 0.6 is 0 Å². The Bertz CT molecular complexity index is 836. The highest BCUT2D eigenvalue weighted by atomic mass is 16.5. The van der Waals surface area contributed by atoms with Gasteiger partial charge in [-0.25, -0.2) is 4.79 Å². The number of aliphatic hydroxyl groups is 1. The summed E-state index contributed by atoms with van der Waals surface area (Å²) >= 11 is 0. The fraction of sp³-hybridized carbons (Fsp3) is 0.609. The first-order valence-electron chi connectivity index (χ1n) is 10.7. The van der Waals surface area contributed by atoms with E-state index >= 15 is 0 Å². The Morgan fingerprint density at radius 1 is 1.10 bits per heavy atom. The molecule has 30 heavy (non-hydrogen) atoms. The highest BCUT2D eigenvalue weighted by Gasteiger charge is 2.57. The van der Waals surface area contributed by atoms with Crippen LogP contribution in [0.15, 0.2) is 24.3 Å². The SMILES string of the molecule is CCOC(=O)c1ccccc1NC(=O)COC(=O)CC12C[C@@H]3C[C@@H](CC(O)(C3)C1)C2. The third kappa shape index (κ3) is 4.36. The molecule has 0 saturated heterocycles. The summed E-state index contributed by atoms with van der Waals surface area (Å²) in [6.07, 6.45) is 5.67. The molecule has 0 heterocycles. The molecule has 1 aromatic carbocycles. The third-order valence-corrected chi connectivity index (χ3v) is 6.73. The number of hydrogen-bond donors (Lipinski definition) is 2. The highest BCUT2D eigenvalue weighted by Crippen LogP contribution is 2.62. The van der Waals surface area contributed by atoms with Gasteiger partial charge in [-0.3, -0.25) is 9.59 Å². The van der Waals surface area contributed by atoms with Crippen molar-refractivity contribution in [1.82, 2.24) is 0 Å². The second-order valence-electron chi connectivity index (χ2n) is 9.34.